The lowest BCUT2D eigenvalue weighted by Gasteiger charge is -2.34. The third kappa shape index (κ3) is 3.42. The van der Waals surface area contributed by atoms with Crippen molar-refractivity contribution in [3.63, 3.8) is 0 Å². The highest BCUT2D eigenvalue weighted by Crippen LogP contribution is 2.37. The van der Waals surface area contributed by atoms with E-state index >= 15 is 4.39 Å². The Hall–Kier alpha value is -3.96. The predicted octanol–water partition coefficient (Wildman–Crippen LogP) is 2.91. The average molecular weight is 493 g/mol. The molecule has 184 valence electrons. The quantitative estimate of drug-likeness (QED) is 0.466. The molecule has 0 spiro atoms. The number of hydrogen-bond acceptors (Lipinski definition) is 7. The number of pyridine rings is 1. The molecule has 36 heavy (non-hydrogen) atoms. The molecular formula is C25H21F2N5O4. The molecule has 1 N–H and O–H groups in total. The molecule has 6 rings (SSSR count). The smallest absolute Gasteiger partial charge is 0.268 e. The minimum Gasteiger partial charge on any atom is -0.476 e. The third-order valence-corrected chi connectivity index (χ3v) is 6.52. The molecule has 3 aromatic heterocycles. The lowest BCUT2D eigenvalue weighted by molar-refractivity contribution is -0.189. The van der Waals surface area contributed by atoms with Crippen molar-refractivity contribution in [1.82, 2.24) is 19.4 Å². The molecule has 5 heterocycles. The number of carbonyl (C=O) groups is 1. The van der Waals surface area contributed by atoms with Crippen molar-refractivity contribution in [3.05, 3.63) is 71.7 Å². The summed E-state index contributed by atoms with van der Waals surface area (Å²) in [6.07, 6.45) is 3.59. The molecular weight excluding hydrogens is 472 g/mol. The van der Waals surface area contributed by atoms with Crippen LogP contribution in [0, 0.1) is 18.6 Å². The number of amides is 1. The van der Waals surface area contributed by atoms with Crippen LogP contribution < -0.4 is 9.64 Å². The number of halogens is 2. The zero-order valence-corrected chi connectivity index (χ0v) is 19.4. The number of benzene rings is 1. The van der Waals surface area contributed by atoms with Crippen LogP contribution in [0.5, 0.6) is 5.75 Å². The van der Waals surface area contributed by atoms with E-state index in [-0.39, 0.29) is 42.8 Å². The molecule has 0 saturated carbocycles. The zero-order valence-electron chi connectivity index (χ0n) is 19.4. The Balaban J connectivity index is 1.41. The molecule has 1 fully saturated rings. The fourth-order valence-electron chi connectivity index (χ4n) is 4.47. The van der Waals surface area contributed by atoms with E-state index in [0.717, 1.165) is 0 Å². The van der Waals surface area contributed by atoms with Crippen molar-refractivity contribution in [2.24, 2.45) is 0 Å². The number of aliphatic hydroxyl groups is 1. The van der Waals surface area contributed by atoms with E-state index in [1.54, 1.807) is 30.5 Å². The summed E-state index contributed by atoms with van der Waals surface area (Å²) in [6.45, 7) is 3.62. The Morgan fingerprint density at radius 3 is 2.64 bits per heavy atom. The normalized spacial score (nSPS) is 18.6. The van der Waals surface area contributed by atoms with Gasteiger partial charge in [0.15, 0.2) is 29.1 Å². The molecule has 1 atom stereocenters. The molecule has 0 bridgehead atoms. The van der Waals surface area contributed by atoms with Gasteiger partial charge in [-0.2, -0.15) is 0 Å². The fourth-order valence-corrected chi connectivity index (χ4v) is 4.47. The standard InChI is InChI=1S/C25H21F2N5O4/c1-13-20(10-32-19-5-3-4-17(26)22(19)36-14(2)23(32)33)31-9-16(18(27)6-21(31)30-13)15-7-28-24(29-8-15)25(34)11-35-12-25/h3-9,14,34H,10-12H2,1-2H3/t14-/m1/s1. The van der Waals surface area contributed by atoms with Gasteiger partial charge < -0.3 is 19.0 Å². The van der Waals surface area contributed by atoms with E-state index in [9.17, 15) is 14.3 Å². The van der Waals surface area contributed by atoms with E-state index < -0.39 is 23.3 Å². The zero-order chi connectivity index (χ0) is 25.2. The van der Waals surface area contributed by atoms with Gasteiger partial charge in [0.25, 0.3) is 5.91 Å². The van der Waals surface area contributed by atoms with Gasteiger partial charge in [-0.05, 0) is 26.0 Å². The summed E-state index contributed by atoms with van der Waals surface area (Å²) in [4.78, 5) is 27.3. The van der Waals surface area contributed by atoms with Crippen molar-refractivity contribution in [2.45, 2.75) is 32.1 Å². The highest BCUT2D eigenvalue weighted by Gasteiger charge is 2.41. The molecule has 9 nitrogen and oxygen atoms in total. The first kappa shape index (κ1) is 22.5. The number of imidazole rings is 1. The minimum atomic E-state index is -1.23. The molecule has 2 aliphatic rings. The SMILES string of the molecule is Cc1nc2cc(F)c(-c3cnc(C4(O)COC4)nc3)cn2c1CN1C(=O)[C@@H](C)Oc2c(F)cccc21. The van der Waals surface area contributed by atoms with Crippen molar-refractivity contribution in [3.8, 4) is 16.9 Å². The number of ether oxygens (including phenoxy) is 2. The van der Waals surface area contributed by atoms with Crippen LogP contribution in [-0.2, 0) is 21.7 Å². The van der Waals surface area contributed by atoms with Gasteiger partial charge in [-0.25, -0.2) is 23.7 Å². The van der Waals surface area contributed by atoms with Crippen LogP contribution >= 0.6 is 0 Å². The minimum absolute atomic E-state index is 0.0126. The predicted molar refractivity (Wildman–Crippen MR) is 123 cm³/mol. The first-order valence-electron chi connectivity index (χ1n) is 11.3. The molecule has 1 saturated heterocycles. The number of para-hydroxylation sites is 1. The number of rotatable bonds is 4. The Morgan fingerprint density at radius 2 is 1.94 bits per heavy atom. The summed E-state index contributed by atoms with van der Waals surface area (Å²) >= 11 is 0. The number of nitrogens with zero attached hydrogens (tertiary/aromatic N) is 5. The molecule has 0 radical (unpaired) electrons. The maximum absolute atomic E-state index is 15.1. The topological polar surface area (TPSA) is 102 Å². The van der Waals surface area contributed by atoms with Gasteiger partial charge in [-0.15, -0.1) is 0 Å². The van der Waals surface area contributed by atoms with E-state index in [2.05, 4.69) is 15.0 Å². The summed E-state index contributed by atoms with van der Waals surface area (Å²) in [7, 11) is 0. The van der Waals surface area contributed by atoms with Crippen LogP contribution in [0.15, 0.2) is 42.9 Å². The third-order valence-electron chi connectivity index (χ3n) is 6.52. The van der Waals surface area contributed by atoms with Crippen LogP contribution in [0.25, 0.3) is 16.8 Å². The van der Waals surface area contributed by atoms with Gasteiger partial charge in [-0.1, -0.05) is 6.07 Å². The number of fused-ring (bicyclic) bond motifs is 2. The molecule has 2 aliphatic heterocycles. The van der Waals surface area contributed by atoms with Crippen LogP contribution in [0.1, 0.15) is 24.1 Å². The average Bonchev–Trinajstić information content (AvgIpc) is 3.14. The summed E-state index contributed by atoms with van der Waals surface area (Å²) in [5.74, 6) is -1.18. The molecule has 1 amide bonds. The second-order valence-electron chi connectivity index (χ2n) is 9.00. The summed E-state index contributed by atoms with van der Waals surface area (Å²) in [5.41, 5.74) is 1.29. The lowest BCUT2D eigenvalue weighted by atomic mass is 10.0. The first-order chi connectivity index (χ1) is 17.2. The van der Waals surface area contributed by atoms with Crippen LogP contribution in [-0.4, -0.2) is 49.7 Å². The molecule has 4 aromatic rings. The van der Waals surface area contributed by atoms with Crippen molar-refractivity contribution in [2.75, 3.05) is 18.1 Å². The Bertz CT molecular complexity index is 1520. The highest BCUT2D eigenvalue weighted by atomic mass is 19.1. The van der Waals surface area contributed by atoms with Crippen LogP contribution in [0.4, 0.5) is 14.5 Å². The van der Waals surface area contributed by atoms with Gasteiger partial charge in [0.2, 0.25) is 0 Å². The number of carbonyl (C=O) groups excluding carboxylic acids is 1. The Kier molecular flexibility index (Phi) is 5.02. The second-order valence-corrected chi connectivity index (χ2v) is 9.00. The number of aryl methyl sites for hydroxylation is 1. The Labute approximate surface area is 204 Å². The maximum Gasteiger partial charge on any atom is 0.268 e. The summed E-state index contributed by atoms with van der Waals surface area (Å²) < 4.78 is 41.7. The highest BCUT2D eigenvalue weighted by molar-refractivity contribution is 5.99. The monoisotopic (exact) mass is 493 g/mol. The van der Waals surface area contributed by atoms with Gasteiger partial charge in [0.1, 0.15) is 11.5 Å². The van der Waals surface area contributed by atoms with Crippen LogP contribution in [0.2, 0.25) is 0 Å². The van der Waals surface area contributed by atoms with E-state index in [1.165, 1.54) is 35.5 Å². The Morgan fingerprint density at radius 1 is 1.19 bits per heavy atom. The van der Waals surface area contributed by atoms with Gasteiger partial charge >= 0.3 is 0 Å². The first-order valence-corrected chi connectivity index (χ1v) is 11.3. The fraction of sp³-hybridized carbons (Fsp3) is 0.280. The largest absolute Gasteiger partial charge is 0.476 e. The van der Waals surface area contributed by atoms with Crippen molar-refractivity contribution >= 4 is 17.2 Å². The number of anilines is 1. The van der Waals surface area contributed by atoms with Gasteiger partial charge in [0, 0.05) is 35.8 Å². The number of aromatic nitrogens is 4. The van der Waals surface area contributed by atoms with E-state index in [1.807, 2.05) is 0 Å². The van der Waals surface area contributed by atoms with Gasteiger partial charge in [-0.3, -0.25) is 9.69 Å². The van der Waals surface area contributed by atoms with E-state index in [0.29, 0.717) is 28.3 Å². The maximum atomic E-state index is 15.1. The van der Waals surface area contributed by atoms with Crippen LogP contribution in [0.3, 0.4) is 0 Å². The molecule has 1 aromatic carbocycles. The van der Waals surface area contributed by atoms with E-state index in [4.69, 9.17) is 9.47 Å². The molecule has 0 unspecified atom stereocenters. The second kappa shape index (κ2) is 8.04. The van der Waals surface area contributed by atoms with Crippen molar-refractivity contribution < 1.29 is 28.2 Å². The summed E-state index contributed by atoms with van der Waals surface area (Å²) in [5, 5.41) is 10.4. The lowest BCUT2D eigenvalue weighted by Crippen LogP contribution is -2.47. The summed E-state index contributed by atoms with van der Waals surface area (Å²) in [6, 6.07) is 5.70. The number of hydrogen-bond donors (Lipinski definition) is 1. The molecule has 11 heteroatoms. The van der Waals surface area contributed by atoms with Gasteiger partial charge in [0.05, 0.1) is 36.8 Å². The van der Waals surface area contributed by atoms with Crippen molar-refractivity contribution in [1.29, 1.82) is 0 Å². The molecule has 0 aliphatic carbocycles.